The molecule has 3 aliphatic rings. The fourth-order valence-corrected chi connectivity index (χ4v) is 7.01. The van der Waals surface area contributed by atoms with Gasteiger partial charge in [-0.15, -0.1) is 0 Å². The number of pyridine rings is 1. The predicted octanol–water partition coefficient (Wildman–Crippen LogP) is 7.89. The first-order valence-electron chi connectivity index (χ1n) is 13.6. The van der Waals surface area contributed by atoms with Crippen LogP contribution < -0.4 is 0 Å². The summed E-state index contributed by atoms with van der Waals surface area (Å²) in [6.07, 6.45) is 4.95. The molecule has 2 aromatic rings. The molecule has 0 amide bonds. The molecule has 0 aliphatic heterocycles. The maximum Gasteiger partial charge on any atom is 0.416 e. The summed E-state index contributed by atoms with van der Waals surface area (Å²) in [5.74, 6) is 0.463. The van der Waals surface area contributed by atoms with Crippen LogP contribution in [0.3, 0.4) is 0 Å². The molecule has 2 fully saturated rings. The van der Waals surface area contributed by atoms with Crippen molar-refractivity contribution in [1.29, 1.82) is 0 Å². The summed E-state index contributed by atoms with van der Waals surface area (Å²) in [5, 5.41) is 23.2. The van der Waals surface area contributed by atoms with Crippen molar-refractivity contribution in [3.8, 4) is 0 Å². The lowest BCUT2D eigenvalue weighted by Gasteiger charge is -2.39. The van der Waals surface area contributed by atoms with Crippen LogP contribution in [0.25, 0.3) is 0 Å². The van der Waals surface area contributed by atoms with E-state index in [0.29, 0.717) is 12.0 Å². The Morgan fingerprint density at radius 1 is 0.889 bits per heavy atom. The molecule has 2 atom stereocenters. The van der Waals surface area contributed by atoms with Crippen molar-refractivity contribution in [2.75, 3.05) is 0 Å². The predicted molar refractivity (Wildman–Crippen MR) is 134 cm³/mol. The molecule has 0 saturated heterocycles. The van der Waals surface area contributed by atoms with E-state index in [1.165, 1.54) is 18.6 Å². The van der Waals surface area contributed by atoms with Crippen LogP contribution in [0.4, 0.5) is 13.2 Å². The average molecular weight is 502 g/mol. The molecule has 196 valence electrons. The van der Waals surface area contributed by atoms with Gasteiger partial charge in [-0.3, -0.25) is 4.98 Å². The standard InChI is InChI=1S/C30H38F3NO2/c1-29(2)16-22-25(23(35)17-29)24(18-8-4-3-5-9-18)26(27(34-22)19-10-6-7-11-19)28(36)20-12-14-21(15-13-20)30(31,32)33/h12-15,18-19,23,28,35-36H,3-11,16-17H2,1-2H3/t23-,28-/m0/s1. The zero-order valence-electron chi connectivity index (χ0n) is 21.4. The quantitative estimate of drug-likeness (QED) is 0.448. The van der Waals surface area contributed by atoms with Crippen molar-refractivity contribution in [2.45, 2.75) is 115 Å². The Hall–Kier alpha value is -1.92. The van der Waals surface area contributed by atoms with Crippen LogP contribution in [0, 0.1) is 5.41 Å². The highest BCUT2D eigenvalue weighted by molar-refractivity contribution is 5.51. The third kappa shape index (κ3) is 4.96. The number of benzene rings is 1. The van der Waals surface area contributed by atoms with Crippen molar-refractivity contribution in [3.05, 3.63) is 63.5 Å². The second-order valence-electron chi connectivity index (χ2n) is 12.1. The third-order valence-corrected chi connectivity index (χ3v) is 8.73. The van der Waals surface area contributed by atoms with Crippen LogP contribution in [-0.2, 0) is 12.6 Å². The van der Waals surface area contributed by atoms with E-state index in [1.807, 2.05) is 0 Å². The van der Waals surface area contributed by atoms with Crippen LogP contribution in [0.5, 0.6) is 0 Å². The number of rotatable bonds is 4. The van der Waals surface area contributed by atoms with E-state index in [-0.39, 0.29) is 17.3 Å². The van der Waals surface area contributed by atoms with Crippen LogP contribution in [0.1, 0.15) is 141 Å². The number of alkyl halides is 3. The van der Waals surface area contributed by atoms with Crippen molar-refractivity contribution < 1.29 is 23.4 Å². The highest BCUT2D eigenvalue weighted by Crippen LogP contribution is 2.51. The van der Waals surface area contributed by atoms with Gasteiger partial charge in [0.1, 0.15) is 6.10 Å². The number of aliphatic hydroxyl groups is 2. The van der Waals surface area contributed by atoms with Gasteiger partial charge >= 0.3 is 6.18 Å². The first-order chi connectivity index (χ1) is 17.0. The number of nitrogens with zero attached hydrogens (tertiary/aromatic N) is 1. The summed E-state index contributed by atoms with van der Waals surface area (Å²) >= 11 is 0. The van der Waals surface area contributed by atoms with E-state index < -0.39 is 23.9 Å². The Labute approximate surface area is 212 Å². The van der Waals surface area contributed by atoms with E-state index in [2.05, 4.69) is 13.8 Å². The van der Waals surface area contributed by atoms with Gasteiger partial charge in [0.2, 0.25) is 0 Å². The lowest BCUT2D eigenvalue weighted by atomic mass is 9.69. The first-order valence-corrected chi connectivity index (χ1v) is 13.6. The largest absolute Gasteiger partial charge is 0.416 e. The number of hydrogen-bond acceptors (Lipinski definition) is 3. The Bertz CT molecular complexity index is 1080. The molecule has 1 aromatic carbocycles. The van der Waals surface area contributed by atoms with Crippen LogP contribution in [0.15, 0.2) is 24.3 Å². The van der Waals surface area contributed by atoms with Crippen LogP contribution >= 0.6 is 0 Å². The van der Waals surface area contributed by atoms with Crippen molar-refractivity contribution >= 4 is 0 Å². The van der Waals surface area contributed by atoms with Crippen molar-refractivity contribution in [2.24, 2.45) is 5.41 Å². The van der Waals surface area contributed by atoms with E-state index in [9.17, 15) is 23.4 Å². The van der Waals surface area contributed by atoms with E-state index in [0.717, 1.165) is 98.0 Å². The summed E-state index contributed by atoms with van der Waals surface area (Å²) in [6.45, 7) is 4.34. The molecular weight excluding hydrogens is 463 g/mol. The van der Waals surface area contributed by atoms with E-state index in [1.54, 1.807) is 0 Å². The van der Waals surface area contributed by atoms with Gasteiger partial charge in [0.05, 0.1) is 17.4 Å². The normalized spacial score (nSPS) is 24.0. The maximum absolute atomic E-state index is 13.2. The highest BCUT2D eigenvalue weighted by atomic mass is 19.4. The van der Waals surface area contributed by atoms with Gasteiger partial charge in [0, 0.05) is 22.7 Å². The second kappa shape index (κ2) is 9.75. The van der Waals surface area contributed by atoms with Gasteiger partial charge in [0.25, 0.3) is 0 Å². The third-order valence-electron chi connectivity index (χ3n) is 8.73. The van der Waals surface area contributed by atoms with Gasteiger partial charge in [-0.2, -0.15) is 13.2 Å². The Morgan fingerprint density at radius 3 is 2.08 bits per heavy atom. The van der Waals surface area contributed by atoms with E-state index >= 15 is 0 Å². The topological polar surface area (TPSA) is 53.4 Å². The molecule has 3 nitrogen and oxygen atoms in total. The smallest absolute Gasteiger partial charge is 0.388 e. The Balaban J connectivity index is 1.71. The zero-order chi connectivity index (χ0) is 25.7. The molecule has 0 radical (unpaired) electrons. The van der Waals surface area contributed by atoms with E-state index in [4.69, 9.17) is 4.98 Å². The fourth-order valence-electron chi connectivity index (χ4n) is 7.01. The second-order valence-corrected chi connectivity index (χ2v) is 12.1. The number of aliphatic hydroxyl groups excluding tert-OH is 2. The maximum atomic E-state index is 13.2. The lowest BCUT2D eigenvalue weighted by Crippen LogP contribution is -2.31. The van der Waals surface area contributed by atoms with Crippen molar-refractivity contribution in [3.63, 3.8) is 0 Å². The zero-order valence-corrected chi connectivity index (χ0v) is 21.4. The number of aromatic nitrogens is 1. The molecule has 1 aromatic heterocycles. The molecule has 36 heavy (non-hydrogen) atoms. The summed E-state index contributed by atoms with van der Waals surface area (Å²) in [7, 11) is 0. The molecule has 3 aliphatic carbocycles. The minimum absolute atomic E-state index is 0.0657. The first kappa shape index (κ1) is 25.7. The molecule has 2 N–H and O–H groups in total. The lowest BCUT2D eigenvalue weighted by molar-refractivity contribution is -0.137. The SMILES string of the molecule is CC1(C)Cc2nc(C3CCCC3)c([C@@H](O)c3ccc(C(F)(F)F)cc3)c(C3CCCCC3)c2[C@@H](O)C1. The summed E-state index contributed by atoms with van der Waals surface area (Å²) < 4.78 is 39.6. The van der Waals surface area contributed by atoms with Gasteiger partial charge in [-0.25, -0.2) is 0 Å². The fraction of sp³-hybridized carbons (Fsp3) is 0.633. The van der Waals surface area contributed by atoms with Crippen molar-refractivity contribution in [1.82, 2.24) is 4.98 Å². The van der Waals surface area contributed by atoms with Gasteiger partial charge in [0.15, 0.2) is 0 Å². The van der Waals surface area contributed by atoms with Crippen LogP contribution in [-0.4, -0.2) is 15.2 Å². The molecule has 2 saturated carbocycles. The number of fused-ring (bicyclic) bond motifs is 1. The summed E-state index contributed by atoms with van der Waals surface area (Å²) in [6, 6.07) is 4.90. The molecule has 6 heteroatoms. The minimum atomic E-state index is -4.42. The Kier molecular flexibility index (Phi) is 6.97. The monoisotopic (exact) mass is 501 g/mol. The molecule has 0 spiro atoms. The molecule has 1 heterocycles. The molecule has 0 bridgehead atoms. The van der Waals surface area contributed by atoms with Gasteiger partial charge in [-0.05, 0) is 73.1 Å². The van der Waals surface area contributed by atoms with Gasteiger partial charge < -0.3 is 10.2 Å². The highest BCUT2D eigenvalue weighted by Gasteiger charge is 2.40. The number of halogens is 3. The molecule has 0 unspecified atom stereocenters. The Morgan fingerprint density at radius 2 is 1.47 bits per heavy atom. The molecule has 5 rings (SSSR count). The summed E-state index contributed by atoms with van der Waals surface area (Å²) in [5.41, 5.74) is 4.26. The number of hydrogen-bond donors (Lipinski definition) is 2. The minimum Gasteiger partial charge on any atom is -0.388 e. The molecular formula is C30H38F3NO2. The summed E-state index contributed by atoms with van der Waals surface area (Å²) in [4.78, 5) is 5.20. The van der Waals surface area contributed by atoms with Crippen LogP contribution in [0.2, 0.25) is 0 Å². The average Bonchev–Trinajstić information content (AvgIpc) is 3.37. The van der Waals surface area contributed by atoms with Gasteiger partial charge in [-0.1, -0.05) is 58.1 Å².